The highest BCUT2D eigenvalue weighted by atomic mass is 16.5. The van der Waals surface area contributed by atoms with E-state index >= 15 is 0 Å². The van der Waals surface area contributed by atoms with Gasteiger partial charge < -0.3 is 9.84 Å². The summed E-state index contributed by atoms with van der Waals surface area (Å²) in [5.74, 6) is 1.63. The minimum Gasteiger partial charge on any atom is -0.469 e. The van der Waals surface area contributed by atoms with E-state index in [0.29, 0.717) is 12.8 Å². The number of esters is 1. The van der Waals surface area contributed by atoms with Gasteiger partial charge >= 0.3 is 12.1 Å². The number of methoxy groups -OCH3 is 1. The third-order valence-electron chi connectivity index (χ3n) is 2.55. The Hall–Kier alpha value is -1.70. The van der Waals surface area contributed by atoms with Crippen molar-refractivity contribution >= 4 is 12.1 Å². The van der Waals surface area contributed by atoms with Crippen LogP contribution in [-0.4, -0.2) is 41.8 Å². The van der Waals surface area contributed by atoms with Crippen molar-refractivity contribution in [1.82, 2.24) is 4.90 Å². The zero-order chi connectivity index (χ0) is 11.4. The molecule has 1 rings (SSSR count). The molecular formula is C10H13NO4. The number of likely N-dealkylation sites (tertiary alicyclic amines) is 1. The molecule has 2 atom stereocenters. The molecule has 1 amide bonds. The Morgan fingerprint density at radius 3 is 2.67 bits per heavy atom. The average molecular weight is 211 g/mol. The van der Waals surface area contributed by atoms with Crippen LogP contribution in [0.15, 0.2) is 0 Å². The molecule has 0 bridgehead atoms. The van der Waals surface area contributed by atoms with Crippen molar-refractivity contribution in [2.24, 2.45) is 5.92 Å². The zero-order valence-corrected chi connectivity index (χ0v) is 8.47. The third kappa shape index (κ3) is 2.40. The molecule has 0 aromatic rings. The van der Waals surface area contributed by atoms with E-state index in [4.69, 9.17) is 11.5 Å². The lowest BCUT2D eigenvalue weighted by Crippen LogP contribution is -2.47. The molecule has 5 heteroatoms. The normalized spacial score (nSPS) is 25.5. The lowest BCUT2D eigenvalue weighted by atomic mass is 9.93. The minimum atomic E-state index is -1.09. The van der Waals surface area contributed by atoms with E-state index in [2.05, 4.69) is 10.7 Å². The number of hydrogen-bond donors (Lipinski definition) is 1. The molecule has 0 radical (unpaired) electrons. The first-order chi connectivity index (χ1) is 7.10. The number of carbonyl (C=O) groups excluding carboxylic acids is 1. The fourth-order valence-corrected chi connectivity index (χ4v) is 1.71. The summed E-state index contributed by atoms with van der Waals surface area (Å²) in [7, 11) is 1.29. The van der Waals surface area contributed by atoms with E-state index in [0.717, 1.165) is 4.90 Å². The summed E-state index contributed by atoms with van der Waals surface area (Å²) in [4.78, 5) is 23.2. The average Bonchev–Trinajstić information content (AvgIpc) is 2.27. The molecule has 1 aliphatic rings. The van der Waals surface area contributed by atoms with Crippen molar-refractivity contribution in [2.75, 3.05) is 13.7 Å². The van der Waals surface area contributed by atoms with Gasteiger partial charge in [-0.15, -0.1) is 6.42 Å². The Bertz CT molecular complexity index is 307. The minimum absolute atomic E-state index is 0.122. The Morgan fingerprint density at radius 1 is 1.53 bits per heavy atom. The molecule has 15 heavy (non-hydrogen) atoms. The van der Waals surface area contributed by atoms with Crippen LogP contribution >= 0.6 is 0 Å². The van der Waals surface area contributed by atoms with Crippen LogP contribution in [0.3, 0.4) is 0 Å². The molecule has 82 valence electrons. The van der Waals surface area contributed by atoms with Crippen LogP contribution in [0.25, 0.3) is 0 Å². The fraction of sp³-hybridized carbons (Fsp3) is 0.600. The Balaban J connectivity index is 2.71. The van der Waals surface area contributed by atoms with Gasteiger partial charge in [-0.3, -0.25) is 9.69 Å². The predicted octanol–water partition coefficient (Wildman–Crippen LogP) is 0.551. The Labute approximate surface area is 88.0 Å². The standard InChI is InChI=1S/C10H13NO4/c1-3-8-5-4-7(9(12)15-2)6-11(8)10(13)14/h1,7-8H,4-6H2,2H3,(H,13,14). The van der Waals surface area contributed by atoms with Crippen LogP contribution in [-0.2, 0) is 9.53 Å². The lowest BCUT2D eigenvalue weighted by Gasteiger charge is -2.33. The summed E-state index contributed by atoms with van der Waals surface area (Å²) in [6.45, 7) is 0.122. The van der Waals surface area contributed by atoms with Crippen molar-refractivity contribution in [3.63, 3.8) is 0 Å². The number of piperidine rings is 1. The molecule has 1 aliphatic heterocycles. The van der Waals surface area contributed by atoms with Crippen LogP contribution in [0, 0.1) is 18.3 Å². The first-order valence-corrected chi connectivity index (χ1v) is 4.63. The van der Waals surface area contributed by atoms with Gasteiger partial charge in [0.1, 0.15) is 0 Å². The van der Waals surface area contributed by atoms with Crippen LogP contribution in [0.1, 0.15) is 12.8 Å². The van der Waals surface area contributed by atoms with Gasteiger partial charge in [-0.05, 0) is 12.8 Å². The lowest BCUT2D eigenvalue weighted by molar-refractivity contribution is -0.147. The maximum atomic E-state index is 11.2. The van der Waals surface area contributed by atoms with Gasteiger partial charge in [0.25, 0.3) is 0 Å². The number of hydrogen-bond acceptors (Lipinski definition) is 3. The highest BCUT2D eigenvalue weighted by Gasteiger charge is 2.34. The third-order valence-corrected chi connectivity index (χ3v) is 2.55. The summed E-state index contributed by atoms with van der Waals surface area (Å²) in [6.07, 6.45) is 5.20. The summed E-state index contributed by atoms with van der Waals surface area (Å²) in [5, 5.41) is 8.89. The van der Waals surface area contributed by atoms with E-state index in [1.807, 2.05) is 0 Å². The predicted molar refractivity (Wildman–Crippen MR) is 52.1 cm³/mol. The maximum Gasteiger partial charge on any atom is 0.408 e. The number of carbonyl (C=O) groups is 2. The highest BCUT2D eigenvalue weighted by Crippen LogP contribution is 2.22. The second-order valence-electron chi connectivity index (χ2n) is 3.41. The summed E-state index contributed by atoms with van der Waals surface area (Å²) in [6, 6.07) is -0.427. The largest absolute Gasteiger partial charge is 0.469 e. The van der Waals surface area contributed by atoms with Crippen LogP contribution in [0.4, 0.5) is 4.79 Å². The van der Waals surface area contributed by atoms with E-state index in [-0.39, 0.29) is 12.5 Å². The van der Waals surface area contributed by atoms with Gasteiger partial charge in [0.05, 0.1) is 19.1 Å². The number of rotatable bonds is 1. The first kappa shape index (κ1) is 11.4. The molecule has 0 saturated carbocycles. The Kier molecular flexibility index (Phi) is 3.56. The zero-order valence-electron chi connectivity index (χ0n) is 8.47. The molecule has 1 N–H and O–H groups in total. The van der Waals surface area contributed by atoms with E-state index < -0.39 is 18.1 Å². The van der Waals surface area contributed by atoms with E-state index in [9.17, 15) is 9.59 Å². The summed E-state index contributed by atoms with van der Waals surface area (Å²) < 4.78 is 4.58. The van der Waals surface area contributed by atoms with Crippen LogP contribution < -0.4 is 0 Å². The molecule has 1 saturated heterocycles. The molecule has 1 fully saturated rings. The molecule has 0 aromatic carbocycles. The van der Waals surface area contributed by atoms with Crippen molar-refractivity contribution < 1.29 is 19.4 Å². The molecule has 2 unspecified atom stereocenters. The van der Waals surface area contributed by atoms with E-state index in [1.54, 1.807) is 0 Å². The van der Waals surface area contributed by atoms with Crippen molar-refractivity contribution in [3.05, 3.63) is 0 Å². The van der Waals surface area contributed by atoms with Gasteiger partial charge in [-0.25, -0.2) is 4.79 Å². The molecule has 0 aliphatic carbocycles. The van der Waals surface area contributed by atoms with Crippen molar-refractivity contribution in [3.8, 4) is 12.3 Å². The number of nitrogens with zero attached hydrogens (tertiary/aromatic N) is 1. The van der Waals surface area contributed by atoms with Crippen LogP contribution in [0.2, 0.25) is 0 Å². The Morgan fingerprint density at radius 2 is 2.20 bits per heavy atom. The molecular weight excluding hydrogens is 198 g/mol. The van der Waals surface area contributed by atoms with Crippen molar-refractivity contribution in [2.45, 2.75) is 18.9 Å². The molecule has 1 heterocycles. The molecule has 0 aromatic heterocycles. The van der Waals surface area contributed by atoms with Gasteiger partial charge in [0, 0.05) is 6.54 Å². The maximum absolute atomic E-state index is 11.2. The van der Waals surface area contributed by atoms with E-state index in [1.165, 1.54) is 7.11 Å². The monoisotopic (exact) mass is 211 g/mol. The SMILES string of the molecule is C#CC1CCC(C(=O)OC)CN1C(=O)O. The first-order valence-electron chi connectivity index (χ1n) is 4.63. The van der Waals surface area contributed by atoms with Gasteiger partial charge in [-0.2, -0.15) is 0 Å². The summed E-state index contributed by atoms with van der Waals surface area (Å²) >= 11 is 0. The summed E-state index contributed by atoms with van der Waals surface area (Å²) in [5.41, 5.74) is 0. The number of carboxylic acid groups (broad SMARTS) is 1. The molecule has 5 nitrogen and oxygen atoms in total. The quantitative estimate of drug-likeness (QED) is 0.508. The number of terminal acetylenes is 1. The van der Waals surface area contributed by atoms with Gasteiger partial charge in [0.15, 0.2) is 0 Å². The number of amides is 1. The topological polar surface area (TPSA) is 66.8 Å². The smallest absolute Gasteiger partial charge is 0.408 e. The highest BCUT2D eigenvalue weighted by molar-refractivity contribution is 5.74. The second-order valence-corrected chi connectivity index (χ2v) is 3.41. The van der Waals surface area contributed by atoms with Crippen molar-refractivity contribution in [1.29, 1.82) is 0 Å². The second kappa shape index (κ2) is 4.69. The molecule has 0 spiro atoms. The number of ether oxygens (including phenoxy) is 1. The fourth-order valence-electron chi connectivity index (χ4n) is 1.71. The van der Waals surface area contributed by atoms with Crippen LogP contribution in [0.5, 0.6) is 0 Å². The van der Waals surface area contributed by atoms with Gasteiger partial charge in [-0.1, -0.05) is 5.92 Å². The van der Waals surface area contributed by atoms with Gasteiger partial charge in [0.2, 0.25) is 0 Å².